The Kier molecular flexibility index (Phi) is 5.52. The maximum Gasteiger partial charge on any atom is 0.338 e. The molecule has 6 nitrogen and oxygen atoms in total. The minimum Gasteiger partial charge on any atom is -0.452 e. The van der Waals surface area contributed by atoms with E-state index in [1.807, 2.05) is 0 Å². The summed E-state index contributed by atoms with van der Waals surface area (Å²) >= 11 is 1.52. The van der Waals surface area contributed by atoms with Gasteiger partial charge in [-0.05, 0) is 30.3 Å². The maximum atomic E-state index is 13.5. The number of fused-ring (bicyclic) bond motifs is 1. The predicted octanol–water partition coefficient (Wildman–Crippen LogP) is 3.06. The lowest BCUT2D eigenvalue weighted by atomic mass is 10.2. The molecule has 0 saturated heterocycles. The van der Waals surface area contributed by atoms with Gasteiger partial charge in [-0.2, -0.15) is 0 Å². The van der Waals surface area contributed by atoms with Crippen LogP contribution in [0.15, 0.2) is 47.4 Å². The summed E-state index contributed by atoms with van der Waals surface area (Å²) in [4.78, 5) is 36.4. The fraction of sp³-hybridized carbons (Fsp3) is 0.167. The van der Waals surface area contributed by atoms with Crippen molar-refractivity contribution in [2.24, 2.45) is 0 Å². The molecule has 0 unspecified atom stereocenters. The normalized spacial score (nSPS) is 13.2. The highest BCUT2D eigenvalue weighted by Gasteiger charge is 2.17. The van der Waals surface area contributed by atoms with Crippen LogP contribution in [0.5, 0.6) is 0 Å². The molecule has 0 radical (unpaired) electrons. The van der Waals surface area contributed by atoms with Crippen LogP contribution in [-0.2, 0) is 14.3 Å². The standard InChI is InChI=1S/C18H15FN2O4S/c19-12-3-1-2-4-13(12)20-17(23)10-25-18(24)11-5-6-15-14(9-11)21-16(22)7-8-26-15/h1-6,9H,7-8,10H2,(H,20,23)(H,21,22). The van der Waals surface area contributed by atoms with Crippen LogP contribution in [0, 0.1) is 5.82 Å². The molecule has 3 rings (SSSR count). The number of esters is 1. The smallest absolute Gasteiger partial charge is 0.338 e. The third kappa shape index (κ3) is 4.40. The zero-order chi connectivity index (χ0) is 18.5. The number of rotatable bonds is 4. The van der Waals surface area contributed by atoms with Gasteiger partial charge >= 0.3 is 5.97 Å². The summed E-state index contributed by atoms with van der Waals surface area (Å²) < 4.78 is 18.4. The topological polar surface area (TPSA) is 84.5 Å². The zero-order valence-electron chi connectivity index (χ0n) is 13.6. The summed E-state index contributed by atoms with van der Waals surface area (Å²) in [6.07, 6.45) is 0.398. The van der Waals surface area contributed by atoms with Crippen molar-refractivity contribution in [2.45, 2.75) is 11.3 Å². The molecule has 1 aliphatic rings. The first-order chi connectivity index (χ1) is 12.5. The number of para-hydroxylation sites is 1. The number of hydrogen-bond acceptors (Lipinski definition) is 5. The van der Waals surface area contributed by atoms with Crippen LogP contribution in [0.25, 0.3) is 0 Å². The van der Waals surface area contributed by atoms with Crippen LogP contribution in [0.4, 0.5) is 15.8 Å². The van der Waals surface area contributed by atoms with E-state index in [0.29, 0.717) is 17.9 Å². The quantitative estimate of drug-likeness (QED) is 0.804. The largest absolute Gasteiger partial charge is 0.452 e. The molecule has 1 aliphatic heterocycles. The summed E-state index contributed by atoms with van der Waals surface area (Å²) in [6.45, 7) is -0.550. The van der Waals surface area contributed by atoms with Crippen molar-refractivity contribution in [3.63, 3.8) is 0 Å². The number of anilines is 2. The van der Waals surface area contributed by atoms with Gasteiger partial charge in [-0.25, -0.2) is 9.18 Å². The number of halogens is 1. The molecule has 134 valence electrons. The first kappa shape index (κ1) is 17.9. The van der Waals surface area contributed by atoms with Gasteiger partial charge < -0.3 is 15.4 Å². The molecule has 8 heteroatoms. The number of ether oxygens (including phenoxy) is 1. The molecule has 0 saturated carbocycles. The first-order valence-corrected chi connectivity index (χ1v) is 8.80. The Morgan fingerprint density at radius 3 is 2.85 bits per heavy atom. The van der Waals surface area contributed by atoms with Crippen molar-refractivity contribution in [2.75, 3.05) is 23.0 Å². The lowest BCUT2D eigenvalue weighted by Gasteiger charge is -2.10. The van der Waals surface area contributed by atoms with Gasteiger partial charge in [0, 0.05) is 17.1 Å². The van der Waals surface area contributed by atoms with E-state index in [0.717, 1.165) is 4.90 Å². The van der Waals surface area contributed by atoms with E-state index >= 15 is 0 Å². The third-order valence-electron chi connectivity index (χ3n) is 3.56. The van der Waals surface area contributed by atoms with E-state index in [4.69, 9.17) is 4.74 Å². The lowest BCUT2D eigenvalue weighted by molar-refractivity contribution is -0.119. The second-order valence-corrected chi connectivity index (χ2v) is 6.60. The van der Waals surface area contributed by atoms with E-state index < -0.39 is 24.3 Å². The average Bonchev–Trinajstić information content (AvgIpc) is 2.81. The highest BCUT2D eigenvalue weighted by molar-refractivity contribution is 7.99. The Labute approximate surface area is 153 Å². The summed E-state index contributed by atoms with van der Waals surface area (Å²) in [7, 11) is 0. The molecule has 0 bridgehead atoms. The van der Waals surface area contributed by atoms with Crippen molar-refractivity contribution < 1.29 is 23.5 Å². The van der Waals surface area contributed by atoms with Crippen molar-refractivity contribution in [3.8, 4) is 0 Å². The Balaban J connectivity index is 1.61. The van der Waals surface area contributed by atoms with Gasteiger partial charge in [0.25, 0.3) is 5.91 Å². The molecule has 1 heterocycles. The number of carbonyl (C=O) groups is 3. The third-order valence-corrected chi connectivity index (χ3v) is 4.63. The second-order valence-electron chi connectivity index (χ2n) is 5.46. The maximum absolute atomic E-state index is 13.5. The number of thioether (sulfide) groups is 1. The van der Waals surface area contributed by atoms with Crippen LogP contribution in [0.2, 0.25) is 0 Å². The average molecular weight is 374 g/mol. The van der Waals surface area contributed by atoms with E-state index in [9.17, 15) is 18.8 Å². The lowest BCUT2D eigenvalue weighted by Crippen LogP contribution is -2.21. The zero-order valence-corrected chi connectivity index (χ0v) is 14.4. The number of amides is 2. The molecule has 2 aromatic rings. The molecule has 2 amide bonds. The molecule has 0 aromatic heterocycles. The molecule has 0 aliphatic carbocycles. The van der Waals surface area contributed by atoms with Gasteiger partial charge in [0.2, 0.25) is 5.91 Å². The molecular weight excluding hydrogens is 359 g/mol. The summed E-state index contributed by atoms with van der Waals surface area (Å²) in [6, 6.07) is 10.5. The molecule has 2 N–H and O–H groups in total. The highest BCUT2D eigenvalue weighted by Crippen LogP contribution is 2.31. The van der Waals surface area contributed by atoms with E-state index in [1.165, 1.54) is 36.0 Å². The van der Waals surface area contributed by atoms with E-state index in [1.54, 1.807) is 18.2 Å². The molecule has 0 spiro atoms. The van der Waals surface area contributed by atoms with Crippen LogP contribution in [0.1, 0.15) is 16.8 Å². The van der Waals surface area contributed by atoms with Gasteiger partial charge in [0.05, 0.1) is 16.9 Å². The summed E-state index contributed by atoms with van der Waals surface area (Å²) in [5, 5.41) is 5.06. The molecular formula is C18H15FN2O4S. The molecule has 26 heavy (non-hydrogen) atoms. The number of carbonyl (C=O) groups excluding carboxylic acids is 3. The fourth-order valence-corrected chi connectivity index (χ4v) is 3.25. The van der Waals surface area contributed by atoms with E-state index in [-0.39, 0.29) is 17.2 Å². The molecule has 0 atom stereocenters. The Morgan fingerprint density at radius 1 is 1.23 bits per heavy atom. The van der Waals surface area contributed by atoms with Crippen LogP contribution in [-0.4, -0.2) is 30.1 Å². The number of hydrogen-bond donors (Lipinski definition) is 2. The minimum atomic E-state index is -0.708. The van der Waals surface area contributed by atoms with Gasteiger partial charge in [-0.15, -0.1) is 11.8 Å². The van der Waals surface area contributed by atoms with Crippen LogP contribution >= 0.6 is 11.8 Å². The van der Waals surface area contributed by atoms with Crippen molar-refractivity contribution in [1.82, 2.24) is 0 Å². The van der Waals surface area contributed by atoms with Crippen LogP contribution in [0.3, 0.4) is 0 Å². The Hall–Kier alpha value is -2.87. The highest BCUT2D eigenvalue weighted by atomic mass is 32.2. The number of nitrogens with one attached hydrogen (secondary N) is 2. The fourth-order valence-electron chi connectivity index (χ4n) is 2.31. The van der Waals surface area contributed by atoms with Crippen LogP contribution < -0.4 is 10.6 Å². The Bertz CT molecular complexity index is 872. The predicted molar refractivity (Wildman–Crippen MR) is 95.7 cm³/mol. The monoisotopic (exact) mass is 374 g/mol. The van der Waals surface area contributed by atoms with Crippen molar-refractivity contribution in [3.05, 3.63) is 53.8 Å². The summed E-state index contributed by atoms with van der Waals surface area (Å²) in [5.41, 5.74) is 0.770. The first-order valence-electron chi connectivity index (χ1n) is 7.81. The Morgan fingerprint density at radius 2 is 2.04 bits per heavy atom. The SMILES string of the molecule is O=C(COC(=O)c1ccc2c(c1)NC(=O)CCS2)Nc1ccccc1F. The second kappa shape index (κ2) is 8.01. The van der Waals surface area contributed by atoms with Gasteiger partial charge in [-0.3, -0.25) is 9.59 Å². The molecule has 0 fully saturated rings. The van der Waals surface area contributed by atoms with Crippen molar-refractivity contribution >= 4 is 40.9 Å². The molecule has 2 aromatic carbocycles. The minimum absolute atomic E-state index is 0.0123. The van der Waals surface area contributed by atoms with E-state index in [2.05, 4.69) is 10.6 Å². The van der Waals surface area contributed by atoms with Gasteiger partial charge in [0.15, 0.2) is 6.61 Å². The summed E-state index contributed by atoms with van der Waals surface area (Å²) in [5.74, 6) is -1.39. The van der Waals surface area contributed by atoms with Crippen molar-refractivity contribution in [1.29, 1.82) is 0 Å². The van der Waals surface area contributed by atoms with Gasteiger partial charge in [-0.1, -0.05) is 12.1 Å². The number of benzene rings is 2. The van der Waals surface area contributed by atoms with Gasteiger partial charge in [0.1, 0.15) is 5.82 Å².